The number of halogens is 1. The van der Waals surface area contributed by atoms with Gasteiger partial charge >= 0.3 is 0 Å². The van der Waals surface area contributed by atoms with E-state index in [2.05, 4.69) is 15.5 Å². The summed E-state index contributed by atoms with van der Waals surface area (Å²) in [4.78, 5) is 26.2. The smallest absolute Gasteiger partial charge is 0.253 e. The molecular weight excluding hydrogens is 419 g/mol. The summed E-state index contributed by atoms with van der Waals surface area (Å²) in [6.45, 7) is 0.677. The van der Waals surface area contributed by atoms with E-state index in [1.807, 2.05) is 19.2 Å². The van der Waals surface area contributed by atoms with Crippen LogP contribution >= 0.6 is 0 Å². The molecule has 1 saturated carbocycles. The zero-order valence-electron chi connectivity index (χ0n) is 18.8. The lowest BCUT2D eigenvalue weighted by Gasteiger charge is -2.17. The average Bonchev–Trinajstić information content (AvgIpc) is 3.57. The Hall–Kier alpha value is -3.48. The molecule has 2 aromatic carbocycles. The number of aromatic nitrogens is 2. The fourth-order valence-corrected chi connectivity index (χ4v) is 3.73. The van der Waals surface area contributed by atoms with E-state index >= 15 is 0 Å². The lowest BCUT2D eigenvalue weighted by molar-refractivity contribution is -0.117. The number of aryl methyl sites for hydroxylation is 1. The summed E-state index contributed by atoms with van der Waals surface area (Å²) in [5.41, 5.74) is 3.87. The van der Waals surface area contributed by atoms with Crippen molar-refractivity contribution in [2.24, 2.45) is 5.92 Å². The number of benzene rings is 2. The number of aromatic amines is 1. The second kappa shape index (κ2) is 10.4. The second-order valence-electron chi connectivity index (χ2n) is 8.67. The number of carbonyl (C=O) groups is 2. The van der Waals surface area contributed by atoms with Gasteiger partial charge in [0.2, 0.25) is 5.91 Å². The van der Waals surface area contributed by atoms with Crippen LogP contribution in [0.15, 0.2) is 54.6 Å². The maximum absolute atomic E-state index is 13.4. The van der Waals surface area contributed by atoms with Crippen molar-refractivity contribution < 1.29 is 14.0 Å². The number of hydrogen-bond donors (Lipinski definition) is 2. The van der Waals surface area contributed by atoms with Crippen molar-refractivity contribution in [2.45, 2.75) is 38.5 Å². The fourth-order valence-electron chi connectivity index (χ4n) is 3.73. The first kappa shape index (κ1) is 22.7. The fraction of sp³-hybridized carbons (Fsp3) is 0.346. The molecule has 3 aromatic rings. The van der Waals surface area contributed by atoms with Crippen molar-refractivity contribution in [1.82, 2.24) is 15.1 Å². The average molecular weight is 449 g/mol. The van der Waals surface area contributed by atoms with Crippen LogP contribution in [-0.4, -0.2) is 40.5 Å². The van der Waals surface area contributed by atoms with Gasteiger partial charge < -0.3 is 10.2 Å². The highest BCUT2D eigenvalue weighted by Gasteiger charge is 2.29. The molecule has 0 atom stereocenters. The molecule has 0 radical (unpaired) electrons. The third-order valence-electron chi connectivity index (χ3n) is 5.89. The molecule has 1 heterocycles. The van der Waals surface area contributed by atoms with Crippen molar-refractivity contribution in [1.29, 1.82) is 0 Å². The molecule has 1 fully saturated rings. The molecule has 172 valence electrons. The summed E-state index contributed by atoms with van der Waals surface area (Å²) in [6, 6.07) is 15.5. The lowest BCUT2D eigenvalue weighted by atomic mass is 10.1. The second-order valence-corrected chi connectivity index (χ2v) is 8.67. The third kappa shape index (κ3) is 6.28. The Labute approximate surface area is 193 Å². The van der Waals surface area contributed by atoms with Gasteiger partial charge in [0.1, 0.15) is 5.82 Å². The highest BCUT2D eigenvalue weighted by Crippen LogP contribution is 2.30. The van der Waals surface area contributed by atoms with Gasteiger partial charge in [-0.3, -0.25) is 14.7 Å². The van der Waals surface area contributed by atoms with Crippen LogP contribution in [0.4, 0.5) is 10.1 Å². The van der Waals surface area contributed by atoms with E-state index in [-0.39, 0.29) is 23.5 Å². The molecule has 2 N–H and O–H groups in total. The Morgan fingerprint density at radius 2 is 1.88 bits per heavy atom. The summed E-state index contributed by atoms with van der Waals surface area (Å²) in [5.74, 6) is -0.0805. The maximum Gasteiger partial charge on any atom is 0.253 e. The highest BCUT2D eigenvalue weighted by molar-refractivity contribution is 5.96. The van der Waals surface area contributed by atoms with Gasteiger partial charge in [-0.25, -0.2) is 4.39 Å². The Balaban J connectivity index is 1.17. The first-order valence-electron chi connectivity index (χ1n) is 11.5. The molecule has 6 nitrogen and oxygen atoms in total. The molecule has 0 aliphatic heterocycles. The van der Waals surface area contributed by atoms with E-state index in [0.717, 1.165) is 61.2 Å². The Bertz CT molecular complexity index is 1110. The summed E-state index contributed by atoms with van der Waals surface area (Å²) in [5, 5.41) is 10.2. The monoisotopic (exact) mass is 448 g/mol. The number of nitrogens with one attached hydrogen (secondary N) is 2. The molecule has 0 bridgehead atoms. The van der Waals surface area contributed by atoms with Crippen LogP contribution in [0.1, 0.15) is 48.2 Å². The number of amides is 2. The zero-order chi connectivity index (χ0) is 23.2. The highest BCUT2D eigenvalue weighted by atomic mass is 19.1. The van der Waals surface area contributed by atoms with Crippen molar-refractivity contribution in [3.05, 3.63) is 71.7 Å². The van der Waals surface area contributed by atoms with Crippen LogP contribution in [0, 0.1) is 11.7 Å². The molecule has 1 aliphatic carbocycles. The van der Waals surface area contributed by atoms with E-state index in [1.54, 1.807) is 35.2 Å². The van der Waals surface area contributed by atoms with Gasteiger partial charge in [-0.1, -0.05) is 18.6 Å². The molecule has 4 rings (SSSR count). The van der Waals surface area contributed by atoms with E-state index < -0.39 is 0 Å². The van der Waals surface area contributed by atoms with Gasteiger partial charge in [0.25, 0.3) is 5.91 Å². The van der Waals surface area contributed by atoms with E-state index in [1.165, 1.54) is 12.1 Å². The first-order valence-corrected chi connectivity index (χ1v) is 11.5. The summed E-state index contributed by atoms with van der Waals surface area (Å²) in [7, 11) is 1.81. The van der Waals surface area contributed by atoms with Crippen molar-refractivity contribution >= 4 is 17.5 Å². The predicted octanol–water partition coefficient (Wildman–Crippen LogP) is 5.05. The first-order chi connectivity index (χ1) is 16.0. The van der Waals surface area contributed by atoms with Crippen LogP contribution in [-0.2, 0) is 11.2 Å². The van der Waals surface area contributed by atoms with Gasteiger partial charge in [0.05, 0.1) is 5.69 Å². The number of rotatable bonds is 10. The molecule has 0 unspecified atom stereocenters. The maximum atomic E-state index is 13.4. The van der Waals surface area contributed by atoms with Crippen molar-refractivity contribution in [2.75, 3.05) is 18.9 Å². The van der Waals surface area contributed by atoms with Crippen LogP contribution < -0.4 is 5.32 Å². The Kier molecular flexibility index (Phi) is 7.17. The van der Waals surface area contributed by atoms with Gasteiger partial charge in [-0.2, -0.15) is 5.10 Å². The summed E-state index contributed by atoms with van der Waals surface area (Å²) in [6.07, 6.45) is 5.65. The van der Waals surface area contributed by atoms with Crippen LogP contribution in [0.3, 0.4) is 0 Å². The van der Waals surface area contributed by atoms with Gasteiger partial charge in [0, 0.05) is 42.0 Å². The van der Waals surface area contributed by atoms with Gasteiger partial charge in [-0.05, 0) is 74.6 Å². The van der Waals surface area contributed by atoms with Crippen LogP contribution in [0.5, 0.6) is 0 Å². The molecule has 0 spiro atoms. The third-order valence-corrected chi connectivity index (χ3v) is 5.89. The predicted molar refractivity (Wildman–Crippen MR) is 126 cm³/mol. The van der Waals surface area contributed by atoms with Crippen molar-refractivity contribution in [3.8, 4) is 11.3 Å². The Morgan fingerprint density at radius 1 is 1.09 bits per heavy atom. The quantitative estimate of drug-likeness (QED) is 0.426. The molecule has 33 heavy (non-hydrogen) atoms. The standard InChI is InChI=1S/C26H29FN4O2/c1-31(26(33)19-11-13-22(14-12-19)28-25(32)18-9-10-18)15-4-2-3-8-23-17-24(30-29-23)20-6-5-7-21(27)16-20/h5-7,11-14,16-18H,2-4,8-10,15H2,1H3,(H,28,32)(H,29,30). The SMILES string of the molecule is CN(CCCCCc1cc(-c2cccc(F)c2)n[nH]1)C(=O)c1ccc(NC(=O)C2CC2)cc1. The largest absolute Gasteiger partial charge is 0.342 e. The minimum absolute atomic E-state index is 0.0247. The number of hydrogen-bond acceptors (Lipinski definition) is 3. The molecule has 1 aliphatic rings. The number of unbranched alkanes of at least 4 members (excludes halogenated alkanes) is 2. The number of anilines is 1. The number of carbonyl (C=O) groups excluding carboxylic acids is 2. The molecular formula is C26H29FN4O2. The molecule has 0 saturated heterocycles. The topological polar surface area (TPSA) is 78.1 Å². The minimum atomic E-state index is -0.271. The van der Waals surface area contributed by atoms with E-state index in [4.69, 9.17) is 0 Å². The number of H-pyrrole nitrogens is 1. The summed E-state index contributed by atoms with van der Waals surface area (Å²) >= 11 is 0. The number of nitrogens with zero attached hydrogens (tertiary/aromatic N) is 2. The van der Waals surface area contributed by atoms with E-state index in [0.29, 0.717) is 12.1 Å². The van der Waals surface area contributed by atoms with Gasteiger partial charge in [0.15, 0.2) is 0 Å². The normalized spacial score (nSPS) is 13.0. The molecule has 7 heteroatoms. The van der Waals surface area contributed by atoms with Crippen LogP contribution in [0.2, 0.25) is 0 Å². The van der Waals surface area contributed by atoms with E-state index in [9.17, 15) is 14.0 Å². The van der Waals surface area contributed by atoms with Gasteiger partial charge in [-0.15, -0.1) is 0 Å². The molecule has 1 aromatic heterocycles. The lowest BCUT2D eigenvalue weighted by Crippen LogP contribution is -2.27. The minimum Gasteiger partial charge on any atom is -0.342 e. The Morgan fingerprint density at radius 3 is 2.61 bits per heavy atom. The van der Waals surface area contributed by atoms with Crippen LogP contribution in [0.25, 0.3) is 11.3 Å². The zero-order valence-corrected chi connectivity index (χ0v) is 18.8. The molecule has 2 amide bonds. The van der Waals surface area contributed by atoms with Crippen molar-refractivity contribution in [3.63, 3.8) is 0 Å². The summed E-state index contributed by atoms with van der Waals surface area (Å²) < 4.78 is 13.4.